The highest BCUT2D eigenvalue weighted by Gasteiger charge is 2.31. The van der Waals surface area contributed by atoms with E-state index in [4.69, 9.17) is 0 Å². The SMILES string of the molecule is Cc1ccc(Cn2nnc3sc4c(c3c2=O)CC[C@@H](C(C)(C)C)C4)cc1. The van der Waals surface area contributed by atoms with Crippen molar-refractivity contribution in [3.8, 4) is 0 Å². The molecule has 0 spiro atoms. The molecule has 0 amide bonds. The maximum absolute atomic E-state index is 13.1. The Bertz CT molecular complexity index is 1010. The van der Waals surface area contributed by atoms with Crippen molar-refractivity contribution in [2.75, 3.05) is 0 Å². The zero-order valence-corrected chi connectivity index (χ0v) is 16.7. The van der Waals surface area contributed by atoms with Crippen LogP contribution in [0.2, 0.25) is 0 Å². The summed E-state index contributed by atoms with van der Waals surface area (Å²) in [7, 11) is 0. The second kappa shape index (κ2) is 6.31. The standard InChI is InChI=1S/C21H25N3OS/c1-13-5-7-14(8-6-13)12-24-20(25)18-16-10-9-15(21(2,3)4)11-17(16)26-19(18)22-23-24/h5-8,15H,9-12H2,1-4H3/t15-/m1/s1. The molecule has 5 heteroatoms. The van der Waals surface area contributed by atoms with E-state index in [0.717, 1.165) is 35.0 Å². The van der Waals surface area contributed by atoms with Crippen molar-refractivity contribution in [3.63, 3.8) is 0 Å². The van der Waals surface area contributed by atoms with Crippen LogP contribution in [0.3, 0.4) is 0 Å². The van der Waals surface area contributed by atoms with Crippen molar-refractivity contribution in [1.82, 2.24) is 15.0 Å². The first-order valence-corrected chi connectivity index (χ1v) is 10.1. The van der Waals surface area contributed by atoms with E-state index in [9.17, 15) is 4.79 Å². The highest BCUT2D eigenvalue weighted by atomic mass is 32.1. The van der Waals surface area contributed by atoms with Crippen molar-refractivity contribution in [2.45, 2.75) is 53.5 Å². The van der Waals surface area contributed by atoms with E-state index in [0.29, 0.717) is 17.9 Å². The summed E-state index contributed by atoms with van der Waals surface area (Å²) in [5.41, 5.74) is 3.81. The van der Waals surface area contributed by atoms with E-state index in [2.05, 4.69) is 50.1 Å². The van der Waals surface area contributed by atoms with Crippen LogP contribution in [0.4, 0.5) is 0 Å². The van der Waals surface area contributed by atoms with E-state index >= 15 is 0 Å². The molecule has 1 aromatic carbocycles. The minimum atomic E-state index is 0.00211. The van der Waals surface area contributed by atoms with Crippen LogP contribution in [0.5, 0.6) is 0 Å². The van der Waals surface area contributed by atoms with Crippen LogP contribution < -0.4 is 5.56 Å². The fraction of sp³-hybridized carbons (Fsp3) is 0.476. The monoisotopic (exact) mass is 367 g/mol. The number of aromatic nitrogens is 3. The molecule has 2 aromatic heterocycles. The number of aryl methyl sites for hydroxylation is 2. The van der Waals surface area contributed by atoms with Crippen LogP contribution in [0.1, 0.15) is 48.8 Å². The van der Waals surface area contributed by atoms with Crippen LogP contribution in [-0.4, -0.2) is 15.0 Å². The lowest BCUT2D eigenvalue weighted by atomic mass is 9.72. The fourth-order valence-corrected chi connectivity index (χ4v) is 5.07. The molecule has 0 radical (unpaired) electrons. The third-order valence-corrected chi connectivity index (χ3v) is 6.75. The average molecular weight is 368 g/mol. The number of hydrogen-bond donors (Lipinski definition) is 0. The summed E-state index contributed by atoms with van der Waals surface area (Å²) in [5.74, 6) is 0.658. The molecule has 2 heterocycles. The van der Waals surface area contributed by atoms with Crippen LogP contribution in [0.15, 0.2) is 29.1 Å². The zero-order valence-electron chi connectivity index (χ0n) is 15.9. The second-order valence-electron chi connectivity index (χ2n) is 8.53. The van der Waals surface area contributed by atoms with Gasteiger partial charge in [0.1, 0.15) is 0 Å². The van der Waals surface area contributed by atoms with Gasteiger partial charge in [0.25, 0.3) is 5.56 Å². The van der Waals surface area contributed by atoms with Crippen LogP contribution in [-0.2, 0) is 19.4 Å². The Labute approximate surface area is 157 Å². The van der Waals surface area contributed by atoms with Crippen molar-refractivity contribution in [3.05, 3.63) is 56.2 Å². The summed E-state index contributed by atoms with van der Waals surface area (Å²) in [4.78, 5) is 15.2. The number of hydrogen-bond acceptors (Lipinski definition) is 4. The highest BCUT2D eigenvalue weighted by molar-refractivity contribution is 7.18. The number of thiophene rings is 1. The Balaban J connectivity index is 1.72. The van der Waals surface area contributed by atoms with Crippen LogP contribution in [0, 0.1) is 18.3 Å². The zero-order chi connectivity index (χ0) is 18.5. The van der Waals surface area contributed by atoms with E-state index in [1.807, 2.05) is 12.1 Å². The van der Waals surface area contributed by atoms with E-state index in [-0.39, 0.29) is 5.56 Å². The van der Waals surface area contributed by atoms with Gasteiger partial charge in [0.2, 0.25) is 0 Å². The Morgan fingerprint density at radius 1 is 1.23 bits per heavy atom. The third-order valence-electron chi connectivity index (χ3n) is 5.62. The molecule has 0 aliphatic heterocycles. The first-order chi connectivity index (χ1) is 12.3. The second-order valence-corrected chi connectivity index (χ2v) is 9.61. The van der Waals surface area contributed by atoms with Gasteiger partial charge in [-0.05, 0) is 48.6 Å². The molecule has 0 saturated carbocycles. The van der Waals surface area contributed by atoms with Crippen LogP contribution >= 0.6 is 11.3 Å². The molecule has 1 aliphatic carbocycles. The van der Waals surface area contributed by atoms with Gasteiger partial charge in [0.15, 0.2) is 4.83 Å². The molecule has 0 unspecified atom stereocenters. The average Bonchev–Trinajstić information content (AvgIpc) is 2.97. The Hall–Kier alpha value is -2.01. The molecule has 0 saturated heterocycles. The van der Waals surface area contributed by atoms with Gasteiger partial charge >= 0.3 is 0 Å². The van der Waals surface area contributed by atoms with Gasteiger partial charge in [-0.25, -0.2) is 4.68 Å². The summed E-state index contributed by atoms with van der Waals surface area (Å²) in [6.07, 6.45) is 3.17. The minimum absolute atomic E-state index is 0.00211. The van der Waals surface area contributed by atoms with Gasteiger partial charge in [-0.3, -0.25) is 4.79 Å². The lowest BCUT2D eigenvalue weighted by Gasteiger charge is -2.33. The Morgan fingerprint density at radius 3 is 2.65 bits per heavy atom. The number of nitrogens with zero attached hydrogens (tertiary/aromatic N) is 3. The highest BCUT2D eigenvalue weighted by Crippen LogP contribution is 2.41. The number of benzene rings is 1. The molecule has 4 nitrogen and oxygen atoms in total. The van der Waals surface area contributed by atoms with Gasteiger partial charge in [-0.1, -0.05) is 55.8 Å². The van der Waals surface area contributed by atoms with Crippen molar-refractivity contribution >= 4 is 21.6 Å². The minimum Gasteiger partial charge on any atom is -0.267 e. The predicted molar refractivity (Wildman–Crippen MR) is 107 cm³/mol. The summed E-state index contributed by atoms with van der Waals surface area (Å²) in [6.45, 7) is 9.46. The summed E-state index contributed by atoms with van der Waals surface area (Å²) in [6, 6.07) is 8.21. The molecular formula is C21H25N3OS. The Morgan fingerprint density at radius 2 is 1.96 bits per heavy atom. The van der Waals surface area contributed by atoms with Crippen molar-refractivity contribution in [2.24, 2.45) is 11.3 Å². The molecule has 1 aliphatic rings. The molecule has 26 heavy (non-hydrogen) atoms. The molecular weight excluding hydrogens is 342 g/mol. The Kier molecular flexibility index (Phi) is 4.22. The van der Waals surface area contributed by atoms with Gasteiger partial charge in [0.05, 0.1) is 11.9 Å². The lowest BCUT2D eigenvalue weighted by Crippen LogP contribution is -2.28. The molecule has 1 atom stereocenters. The maximum Gasteiger partial charge on any atom is 0.279 e. The molecule has 136 valence electrons. The normalized spacial score (nSPS) is 17.5. The van der Waals surface area contributed by atoms with Gasteiger partial charge in [-0.15, -0.1) is 16.4 Å². The molecule has 4 rings (SSSR count). The smallest absolute Gasteiger partial charge is 0.267 e. The third kappa shape index (κ3) is 3.09. The quantitative estimate of drug-likeness (QED) is 0.676. The summed E-state index contributed by atoms with van der Waals surface area (Å²) in [5, 5.41) is 9.38. The molecule has 0 fully saturated rings. The molecule has 3 aromatic rings. The first-order valence-electron chi connectivity index (χ1n) is 9.26. The first kappa shape index (κ1) is 17.4. The topological polar surface area (TPSA) is 47.8 Å². The largest absolute Gasteiger partial charge is 0.279 e. The predicted octanol–water partition coefficient (Wildman–Crippen LogP) is 4.36. The maximum atomic E-state index is 13.1. The lowest BCUT2D eigenvalue weighted by molar-refractivity contribution is 0.218. The summed E-state index contributed by atoms with van der Waals surface area (Å²) < 4.78 is 1.51. The van der Waals surface area contributed by atoms with E-state index < -0.39 is 0 Å². The van der Waals surface area contributed by atoms with E-state index in [1.54, 1.807) is 11.3 Å². The molecule has 0 bridgehead atoms. The van der Waals surface area contributed by atoms with Gasteiger partial charge in [0, 0.05) is 4.88 Å². The van der Waals surface area contributed by atoms with Gasteiger partial charge < -0.3 is 0 Å². The number of rotatable bonds is 2. The molecule has 0 N–H and O–H groups in total. The van der Waals surface area contributed by atoms with Gasteiger partial charge in [-0.2, -0.15) is 0 Å². The summed E-state index contributed by atoms with van der Waals surface area (Å²) >= 11 is 1.66. The van der Waals surface area contributed by atoms with Crippen LogP contribution in [0.25, 0.3) is 10.2 Å². The van der Waals surface area contributed by atoms with Crippen molar-refractivity contribution in [1.29, 1.82) is 0 Å². The fourth-order valence-electron chi connectivity index (χ4n) is 3.84. The van der Waals surface area contributed by atoms with Crippen molar-refractivity contribution < 1.29 is 0 Å². The number of fused-ring (bicyclic) bond motifs is 3. The van der Waals surface area contributed by atoms with E-state index in [1.165, 1.54) is 20.7 Å².